The molecular weight excluding hydrogens is 143 g/mol. The Hall–Kier alpha value is -0.0551. The van der Waals surface area contributed by atoms with E-state index in [0.29, 0.717) is 0 Å². The molecule has 0 aromatic rings. The maximum absolute atomic E-state index is 9.42. The zero-order valence-corrected chi connectivity index (χ0v) is 7.19. The van der Waals surface area contributed by atoms with E-state index in [9.17, 15) is 10.2 Å². The number of ether oxygens (including phenoxy) is 1. The Kier molecular flexibility index (Phi) is 2.57. The molecule has 1 fully saturated rings. The molecule has 0 spiro atoms. The molecule has 0 bridgehead atoms. The van der Waals surface area contributed by atoms with Crippen molar-refractivity contribution in [2.75, 3.05) is 0 Å². The van der Waals surface area contributed by atoms with Gasteiger partial charge in [-0.1, -0.05) is 13.8 Å². The van der Waals surface area contributed by atoms with Gasteiger partial charge in [-0.2, -0.15) is 0 Å². The Bertz CT molecular complexity index is 140. The third-order valence-corrected chi connectivity index (χ3v) is 2.20. The average Bonchev–Trinajstić information content (AvgIpc) is 2.17. The summed E-state index contributed by atoms with van der Waals surface area (Å²) in [5.41, 5.74) is 0. The van der Waals surface area contributed by atoms with Gasteiger partial charge in [0, 0.05) is 0 Å². The van der Waals surface area contributed by atoms with E-state index in [4.69, 9.17) is 4.74 Å². The minimum absolute atomic E-state index is 0.208. The maximum atomic E-state index is 9.42. The van der Waals surface area contributed by atoms with Crippen LogP contribution in [0.2, 0.25) is 0 Å². The number of rotatable bonds is 1. The van der Waals surface area contributed by atoms with Gasteiger partial charge in [0.1, 0.15) is 20.1 Å². The van der Waals surface area contributed by atoms with Crippen molar-refractivity contribution in [3.05, 3.63) is 0 Å². The highest BCUT2D eigenvalue weighted by Gasteiger charge is 2.41. The largest absolute Gasteiger partial charge is 0.388 e. The van der Waals surface area contributed by atoms with E-state index in [2.05, 4.69) is 0 Å². The molecule has 0 saturated carbocycles. The highest BCUT2D eigenvalue weighted by atomic mass is 16.5. The lowest BCUT2D eigenvalue weighted by Gasteiger charge is -2.17. The number of hydrogen-bond acceptors (Lipinski definition) is 3. The van der Waals surface area contributed by atoms with Crippen molar-refractivity contribution >= 4 is 7.85 Å². The molecule has 1 rings (SSSR count). The molecule has 1 aliphatic heterocycles. The average molecular weight is 158 g/mol. The van der Waals surface area contributed by atoms with Crippen LogP contribution in [-0.2, 0) is 4.74 Å². The first kappa shape index (κ1) is 9.04. The summed E-state index contributed by atoms with van der Waals surface area (Å²) >= 11 is 0. The SMILES string of the molecule is BC1OC(C(C)C)C(O)C1O. The summed E-state index contributed by atoms with van der Waals surface area (Å²) < 4.78 is 5.35. The van der Waals surface area contributed by atoms with Crippen LogP contribution in [0.5, 0.6) is 0 Å². The standard InChI is InChI=1S/C7H15BO3/c1-3(2)6-4(9)5(10)7(8)11-6/h3-7,9-10H,8H2,1-2H3. The maximum Gasteiger partial charge on any atom is 0.142 e. The van der Waals surface area contributed by atoms with Crippen LogP contribution in [0, 0.1) is 5.92 Å². The van der Waals surface area contributed by atoms with Crippen molar-refractivity contribution in [1.29, 1.82) is 0 Å². The second-order valence-electron chi connectivity index (χ2n) is 3.53. The van der Waals surface area contributed by atoms with E-state index in [0.717, 1.165) is 0 Å². The Morgan fingerprint density at radius 3 is 2.00 bits per heavy atom. The van der Waals surface area contributed by atoms with Gasteiger partial charge in [0.2, 0.25) is 0 Å². The lowest BCUT2D eigenvalue weighted by Crippen LogP contribution is -2.34. The molecule has 0 aromatic heterocycles. The van der Waals surface area contributed by atoms with Crippen molar-refractivity contribution in [3.8, 4) is 0 Å². The van der Waals surface area contributed by atoms with Gasteiger partial charge < -0.3 is 14.9 Å². The van der Waals surface area contributed by atoms with Gasteiger partial charge in [0.25, 0.3) is 0 Å². The highest BCUT2D eigenvalue weighted by molar-refractivity contribution is 6.11. The first-order chi connectivity index (χ1) is 5.04. The van der Waals surface area contributed by atoms with Crippen LogP contribution in [-0.4, -0.2) is 42.4 Å². The molecule has 1 aliphatic rings. The quantitative estimate of drug-likeness (QED) is 0.467. The lowest BCUT2D eigenvalue weighted by atomic mass is 9.91. The molecule has 2 N–H and O–H groups in total. The van der Waals surface area contributed by atoms with Crippen molar-refractivity contribution < 1.29 is 14.9 Å². The third-order valence-electron chi connectivity index (χ3n) is 2.20. The summed E-state index contributed by atoms with van der Waals surface area (Å²) in [6, 6.07) is -0.239. The normalized spacial score (nSPS) is 45.2. The van der Waals surface area contributed by atoms with E-state index in [-0.39, 0.29) is 18.0 Å². The Balaban J connectivity index is 2.59. The first-order valence-electron chi connectivity index (χ1n) is 4.05. The van der Waals surface area contributed by atoms with E-state index >= 15 is 0 Å². The molecule has 3 nitrogen and oxygen atoms in total. The molecule has 4 unspecified atom stereocenters. The molecule has 1 heterocycles. The summed E-state index contributed by atoms with van der Waals surface area (Å²) in [5, 5.41) is 18.7. The van der Waals surface area contributed by atoms with E-state index in [1.165, 1.54) is 0 Å². The molecule has 4 heteroatoms. The monoisotopic (exact) mass is 158 g/mol. The van der Waals surface area contributed by atoms with Crippen molar-refractivity contribution in [2.24, 2.45) is 5.92 Å². The molecule has 64 valence electrons. The van der Waals surface area contributed by atoms with Crippen LogP contribution in [0.15, 0.2) is 0 Å². The van der Waals surface area contributed by atoms with Gasteiger partial charge >= 0.3 is 0 Å². The van der Waals surface area contributed by atoms with Gasteiger partial charge in [0.05, 0.1) is 12.1 Å². The number of aliphatic hydroxyl groups is 2. The van der Waals surface area contributed by atoms with Crippen LogP contribution in [0.1, 0.15) is 13.8 Å². The van der Waals surface area contributed by atoms with Crippen molar-refractivity contribution in [3.63, 3.8) is 0 Å². The number of aliphatic hydroxyl groups excluding tert-OH is 2. The highest BCUT2D eigenvalue weighted by Crippen LogP contribution is 2.24. The van der Waals surface area contributed by atoms with Gasteiger partial charge in [-0.3, -0.25) is 0 Å². The molecule has 0 aromatic carbocycles. The fourth-order valence-corrected chi connectivity index (χ4v) is 1.43. The fourth-order valence-electron chi connectivity index (χ4n) is 1.43. The van der Waals surface area contributed by atoms with E-state index in [1.807, 2.05) is 13.8 Å². The van der Waals surface area contributed by atoms with Crippen LogP contribution >= 0.6 is 0 Å². The van der Waals surface area contributed by atoms with Gasteiger partial charge in [-0.05, 0) is 5.92 Å². The Labute approximate surface area is 67.8 Å². The molecule has 0 aliphatic carbocycles. The van der Waals surface area contributed by atoms with Crippen LogP contribution < -0.4 is 0 Å². The lowest BCUT2D eigenvalue weighted by molar-refractivity contribution is -0.00256. The Morgan fingerprint density at radius 2 is 1.82 bits per heavy atom. The van der Waals surface area contributed by atoms with Crippen molar-refractivity contribution in [2.45, 2.75) is 38.2 Å². The predicted octanol–water partition coefficient (Wildman–Crippen LogP) is -1.28. The smallest absolute Gasteiger partial charge is 0.142 e. The van der Waals surface area contributed by atoms with Crippen LogP contribution in [0.3, 0.4) is 0 Å². The fraction of sp³-hybridized carbons (Fsp3) is 1.00. The van der Waals surface area contributed by atoms with Crippen molar-refractivity contribution in [1.82, 2.24) is 0 Å². The summed E-state index contributed by atoms with van der Waals surface area (Å²) in [7, 11) is 1.77. The molecule has 0 radical (unpaired) electrons. The second-order valence-corrected chi connectivity index (χ2v) is 3.53. The first-order valence-corrected chi connectivity index (χ1v) is 4.05. The summed E-state index contributed by atoms with van der Waals surface area (Å²) in [5.74, 6) is 0.254. The van der Waals surface area contributed by atoms with Crippen LogP contribution in [0.25, 0.3) is 0 Å². The molecule has 11 heavy (non-hydrogen) atoms. The minimum atomic E-state index is -0.720. The molecule has 0 amide bonds. The minimum Gasteiger partial charge on any atom is -0.388 e. The van der Waals surface area contributed by atoms with Gasteiger partial charge in [-0.25, -0.2) is 0 Å². The summed E-state index contributed by atoms with van der Waals surface area (Å²) in [6.07, 6.45) is -1.65. The Morgan fingerprint density at radius 1 is 1.27 bits per heavy atom. The van der Waals surface area contributed by atoms with Gasteiger partial charge in [-0.15, -0.1) is 0 Å². The molecular formula is C7H15BO3. The van der Waals surface area contributed by atoms with E-state index in [1.54, 1.807) is 7.85 Å². The summed E-state index contributed by atoms with van der Waals surface area (Å²) in [4.78, 5) is 0. The molecule has 1 saturated heterocycles. The van der Waals surface area contributed by atoms with Gasteiger partial charge in [0.15, 0.2) is 0 Å². The predicted molar refractivity (Wildman–Crippen MR) is 44.1 cm³/mol. The van der Waals surface area contributed by atoms with Crippen LogP contribution in [0.4, 0.5) is 0 Å². The summed E-state index contributed by atoms with van der Waals surface area (Å²) in [6.45, 7) is 3.94. The number of hydrogen-bond donors (Lipinski definition) is 2. The second kappa shape index (κ2) is 3.13. The zero-order chi connectivity index (χ0) is 8.59. The third kappa shape index (κ3) is 1.58. The topological polar surface area (TPSA) is 49.7 Å². The zero-order valence-electron chi connectivity index (χ0n) is 7.19. The van der Waals surface area contributed by atoms with E-state index < -0.39 is 12.2 Å². The molecule has 4 atom stereocenters.